The maximum atomic E-state index is 12.2. The van der Waals surface area contributed by atoms with Crippen LogP contribution in [-0.4, -0.2) is 25.5 Å². The minimum atomic E-state index is 0.0233. The lowest BCUT2D eigenvalue weighted by molar-refractivity contribution is -0.115. The van der Waals surface area contributed by atoms with Crippen molar-refractivity contribution in [3.63, 3.8) is 0 Å². The van der Waals surface area contributed by atoms with E-state index in [1.54, 1.807) is 0 Å². The summed E-state index contributed by atoms with van der Waals surface area (Å²) in [5.41, 5.74) is 4.41. The van der Waals surface area contributed by atoms with Crippen molar-refractivity contribution < 1.29 is 4.79 Å². The van der Waals surface area contributed by atoms with Crippen molar-refractivity contribution in [2.24, 2.45) is 0 Å². The molecular weight excluding hydrogens is 322 g/mol. The van der Waals surface area contributed by atoms with E-state index in [1.807, 2.05) is 18.2 Å². The average molecular weight is 354 g/mol. The fraction of sp³-hybridized carbons (Fsp3) is 0.409. The van der Waals surface area contributed by atoms with Crippen LogP contribution in [0.15, 0.2) is 48.5 Å². The van der Waals surface area contributed by atoms with E-state index in [4.69, 9.17) is 0 Å². The van der Waals surface area contributed by atoms with E-state index in [1.165, 1.54) is 11.3 Å². The number of hydrogen-bond acceptors (Lipinski definition) is 3. The Hall–Kier alpha value is -2.49. The summed E-state index contributed by atoms with van der Waals surface area (Å²) < 4.78 is 0. The highest BCUT2D eigenvalue weighted by molar-refractivity contribution is 5.91. The predicted molar refractivity (Wildman–Crippen MR) is 112 cm³/mol. The minimum absolute atomic E-state index is 0.0233. The van der Waals surface area contributed by atoms with Crippen LogP contribution in [0.25, 0.3) is 0 Å². The van der Waals surface area contributed by atoms with Gasteiger partial charge in [-0.15, -0.1) is 0 Å². The number of anilines is 3. The fourth-order valence-corrected chi connectivity index (χ4v) is 3.04. The Morgan fingerprint density at radius 2 is 1.65 bits per heavy atom. The van der Waals surface area contributed by atoms with Crippen LogP contribution in [0.2, 0.25) is 0 Å². The monoisotopic (exact) mass is 353 g/mol. The maximum Gasteiger partial charge on any atom is 0.226 e. The van der Waals surface area contributed by atoms with Gasteiger partial charge in [-0.05, 0) is 55.7 Å². The summed E-state index contributed by atoms with van der Waals surface area (Å²) >= 11 is 0. The van der Waals surface area contributed by atoms with E-state index in [0.29, 0.717) is 18.9 Å². The van der Waals surface area contributed by atoms with Crippen molar-refractivity contribution in [3.8, 4) is 0 Å². The molecule has 1 amide bonds. The van der Waals surface area contributed by atoms with Crippen LogP contribution in [0, 0.1) is 0 Å². The van der Waals surface area contributed by atoms with Crippen molar-refractivity contribution in [2.75, 3.05) is 35.2 Å². The number of amides is 1. The second-order valence-electron chi connectivity index (χ2n) is 6.69. The zero-order valence-electron chi connectivity index (χ0n) is 16.4. The first-order valence-corrected chi connectivity index (χ1v) is 9.52. The van der Waals surface area contributed by atoms with E-state index in [9.17, 15) is 4.79 Å². The summed E-state index contributed by atoms with van der Waals surface area (Å²) in [7, 11) is 0. The van der Waals surface area contributed by atoms with Crippen LogP contribution in [0.1, 0.15) is 45.6 Å². The summed E-state index contributed by atoms with van der Waals surface area (Å²) in [5, 5.41) is 6.35. The largest absolute Gasteiger partial charge is 0.384 e. The number of rotatable bonds is 9. The van der Waals surface area contributed by atoms with Crippen LogP contribution in [0.3, 0.4) is 0 Å². The van der Waals surface area contributed by atoms with E-state index in [0.717, 1.165) is 24.5 Å². The van der Waals surface area contributed by atoms with Crippen molar-refractivity contribution >= 4 is 23.0 Å². The number of nitrogens with one attached hydrogen (secondary N) is 2. The SMILES string of the molecule is CCN(CC)c1ccc(NC(=O)CCNc2ccccc2C(C)C)cc1. The number of carbonyl (C=O) groups excluding carboxylic acids is 1. The van der Waals surface area contributed by atoms with Crippen LogP contribution in [0.4, 0.5) is 17.1 Å². The lowest BCUT2D eigenvalue weighted by Gasteiger charge is -2.21. The van der Waals surface area contributed by atoms with Gasteiger partial charge in [-0.3, -0.25) is 4.79 Å². The third-order valence-electron chi connectivity index (χ3n) is 4.53. The molecular formula is C22H31N3O. The van der Waals surface area contributed by atoms with Gasteiger partial charge < -0.3 is 15.5 Å². The van der Waals surface area contributed by atoms with Crippen molar-refractivity contribution in [3.05, 3.63) is 54.1 Å². The lowest BCUT2D eigenvalue weighted by atomic mass is 10.0. The van der Waals surface area contributed by atoms with Crippen molar-refractivity contribution in [1.82, 2.24) is 0 Å². The summed E-state index contributed by atoms with van der Waals surface area (Å²) in [5.74, 6) is 0.479. The highest BCUT2D eigenvalue weighted by atomic mass is 16.1. The molecule has 140 valence electrons. The quantitative estimate of drug-likeness (QED) is 0.659. The number of benzene rings is 2. The molecule has 0 fully saturated rings. The van der Waals surface area contributed by atoms with Crippen LogP contribution in [0.5, 0.6) is 0 Å². The van der Waals surface area contributed by atoms with Gasteiger partial charge in [-0.25, -0.2) is 0 Å². The molecule has 2 rings (SSSR count). The highest BCUT2D eigenvalue weighted by Crippen LogP contribution is 2.23. The molecule has 4 nitrogen and oxygen atoms in total. The van der Waals surface area contributed by atoms with E-state index in [-0.39, 0.29) is 5.91 Å². The van der Waals surface area contributed by atoms with Crippen molar-refractivity contribution in [1.29, 1.82) is 0 Å². The zero-order valence-corrected chi connectivity index (χ0v) is 16.4. The molecule has 0 saturated heterocycles. The second kappa shape index (κ2) is 9.85. The lowest BCUT2D eigenvalue weighted by Crippen LogP contribution is -2.21. The molecule has 4 heteroatoms. The van der Waals surface area contributed by atoms with E-state index >= 15 is 0 Å². The molecule has 2 N–H and O–H groups in total. The van der Waals surface area contributed by atoms with Crippen LogP contribution in [-0.2, 0) is 4.79 Å². The minimum Gasteiger partial charge on any atom is -0.384 e. The average Bonchev–Trinajstić information content (AvgIpc) is 2.64. The number of para-hydroxylation sites is 1. The molecule has 0 bridgehead atoms. The Morgan fingerprint density at radius 1 is 1.00 bits per heavy atom. The van der Waals surface area contributed by atoms with E-state index < -0.39 is 0 Å². The van der Waals surface area contributed by atoms with Crippen molar-refractivity contribution in [2.45, 2.75) is 40.0 Å². The summed E-state index contributed by atoms with van der Waals surface area (Å²) in [4.78, 5) is 14.5. The smallest absolute Gasteiger partial charge is 0.226 e. The number of hydrogen-bond donors (Lipinski definition) is 2. The second-order valence-corrected chi connectivity index (χ2v) is 6.69. The van der Waals surface area contributed by atoms with Crippen LogP contribution < -0.4 is 15.5 Å². The molecule has 0 saturated carbocycles. The van der Waals surface area contributed by atoms with Gasteiger partial charge in [0.15, 0.2) is 0 Å². The molecule has 0 aliphatic rings. The molecule has 0 aliphatic carbocycles. The summed E-state index contributed by atoms with van der Waals surface area (Å²) in [6.45, 7) is 11.2. The molecule has 0 heterocycles. The molecule has 2 aromatic carbocycles. The van der Waals surface area contributed by atoms with Gasteiger partial charge in [0, 0.05) is 43.1 Å². The third-order valence-corrected chi connectivity index (χ3v) is 4.53. The first-order chi connectivity index (χ1) is 12.5. The predicted octanol–water partition coefficient (Wildman–Crippen LogP) is 5.10. The standard InChI is InChI=1S/C22H31N3O/c1-5-25(6-2)19-13-11-18(12-14-19)24-22(26)15-16-23-21-10-8-7-9-20(21)17(3)4/h7-14,17,23H,5-6,15-16H2,1-4H3,(H,24,26). The Balaban J connectivity index is 1.84. The Bertz CT molecular complexity index is 691. The molecule has 26 heavy (non-hydrogen) atoms. The maximum absolute atomic E-state index is 12.2. The van der Waals surface area contributed by atoms with Gasteiger partial charge in [0.1, 0.15) is 0 Å². The Kier molecular flexibility index (Phi) is 7.52. The zero-order chi connectivity index (χ0) is 18.9. The topological polar surface area (TPSA) is 44.4 Å². The summed E-state index contributed by atoms with van der Waals surface area (Å²) in [6, 6.07) is 16.3. The number of carbonyl (C=O) groups is 1. The third kappa shape index (κ3) is 5.51. The van der Waals surface area contributed by atoms with E-state index in [2.05, 4.69) is 73.6 Å². The van der Waals surface area contributed by atoms with Gasteiger partial charge in [0.25, 0.3) is 0 Å². The molecule has 0 atom stereocenters. The van der Waals surface area contributed by atoms with Gasteiger partial charge >= 0.3 is 0 Å². The van der Waals surface area contributed by atoms with Gasteiger partial charge in [-0.1, -0.05) is 32.0 Å². The first kappa shape index (κ1) is 19.8. The van der Waals surface area contributed by atoms with Crippen LogP contribution >= 0.6 is 0 Å². The Labute approximate surface area is 157 Å². The normalized spacial score (nSPS) is 10.7. The first-order valence-electron chi connectivity index (χ1n) is 9.52. The molecule has 0 aromatic heterocycles. The Morgan fingerprint density at radius 3 is 2.27 bits per heavy atom. The fourth-order valence-electron chi connectivity index (χ4n) is 3.04. The summed E-state index contributed by atoms with van der Waals surface area (Å²) in [6.07, 6.45) is 0.435. The number of nitrogens with zero attached hydrogens (tertiary/aromatic N) is 1. The molecule has 0 spiro atoms. The highest BCUT2D eigenvalue weighted by Gasteiger charge is 2.07. The molecule has 0 radical (unpaired) electrons. The van der Waals surface area contributed by atoms with Gasteiger partial charge in [-0.2, -0.15) is 0 Å². The van der Waals surface area contributed by atoms with Gasteiger partial charge in [0.05, 0.1) is 0 Å². The molecule has 2 aromatic rings. The molecule has 0 aliphatic heterocycles. The van der Waals surface area contributed by atoms with Gasteiger partial charge in [0.2, 0.25) is 5.91 Å². The molecule has 0 unspecified atom stereocenters.